The average molecular weight is 397 g/mol. The number of aryl methyl sites for hydroxylation is 1. The maximum absolute atomic E-state index is 11.7. The molecule has 150 valence electrons. The Labute approximate surface area is 175 Å². The van der Waals surface area contributed by atoms with E-state index in [4.69, 9.17) is 14.5 Å². The average Bonchev–Trinajstić information content (AvgIpc) is 3.28. The predicted molar refractivity (Wildman–Crippen MR) is 119 cm³/mol. The van der Waals surface area contributed by atoms with Crippen molar-refractivity contribution in [2.24, 2.45) is 0 Å². The van der Waals surface area contributed by atoms with E-state index < -0.39 is 0 Å². The molecule has 0 saturated carbocycles. The van der Waals surface area contributed by atoms with Crippen molar-refractivity contribution in [1.29, 1.82) is 0 Å². The lowest BCUT2D eigenvalue weighted by molar-refractivity contribution is -0.134. The van der Waals surface area contributed by atoms with Crippen molar-refractivity contribution in [2.45, 2.75) is 32.6 Å². The number of hydrogen-bond donors (Lipinski definition) is 0. The van der Waals surface area contributed by atoms with Gasteiger partial charge in [0.05, 0.1) is 18.3 Å². The Hall–Kier alpha value is -3.40. The van der Waals surface area contributed by atoms with Crippen LogP contribution in [0.1, 0.15) is 30.9 Å². The number of pyridine rings is 1. The molecule has 0 bridgehead atoms. The quantitative estimate of drug-likeness (QED) is 0.246. The fourth-order valence-corrected chi connectivity index (χ4v) is 4.47. The van der Waals surface area contributed by atoms with Gasteiger partial charge < -0.3 is 9.47 Å². The predicted octanol–water partition coefficient (Wildman–Crippen LogP) is 5.87. The second-order valence-electron chi connectivity index (χ2n) is 7.65. The molecule has 0 atom stereocenters. The summed E-state index contributed by atoms with van der Waals surface area (Å²) in [6, 6.07) is 18.5. The van der Waals surface area contributed by atoms with Gasteiger partial charge >= 0.3 is 5.97 Å². The second kappa shape index (κ2) is 7.45. The van der Waals surface area contributed by atoms with Crippen LogP contribution in [0.25, 0.3) is 32.9 Å². The second-order valence-corrected chi connectivity index (χ2v) is 7.65. The molecule has 4 heteroatoms. The highest BCUT2D eigenvalue weighted by atomic mass is 16.6. The summed E-state index contributed by atoms with van der Waals surface area (Å²) in [4.78, 5) is 16.8. The molecule has 4 nitrogen and oxygen atoms in total. The highest BCUT2D eigenvalue weighted by molar-refractivity contribution is 6.09. The van der Waals surface area contributed by atoms with Gasteiger partial charge in [-0.25, -0.2) is 4.98 Å². The molecule has 0 amide bonds. The summed E-state index contributed by atoms with van der Waals surface area (Å²) in [5, 5.41) is 3.80. The van der Waals surface area contributed by atoms with E-state index in [-0.39, 0.29) is 5.97 Å². The van der Waals surface area contributed by atoms with Crippen LogP contribution in [0.2, 0.25) is 0 Å². The maximum atomic E-state index is 11.7. The van der Waals surface area contributed by atoms with Crippen LogP contribution < -0.4 is 9.47 Å². The van der Waals surface area contributed by atoms with Crippen molar-refractivity contribution in [3.63, 3.8) is 0 Å². The van der Waals surface area contributed by atoms with E-state index in [1.165, 1.54) is 27.3 Å². The Kier molecular flexibility index (Phi) is 4.62. The van der Waals surface area contributed by atoms with E-state index in [1.54, 1.807) is 20.1 Å². The van der Waals surface area contributed by atoms with Gasteiger partial charge in [-0.1, -0.05) is 37.3 Å². The van der Waals surface area contributed by atoms with Gasteiger partial charge in [-0.2, -0.15) is 0 Å². The molecule has 0 unspecified atom stereocenters. The first-order valence-electron chi connectivity index (χ1n) is 10.4. The Balaban J connectivity index is 1.70. The molecule has 1 aromatic heterocycles. The number of aromatic nitrogens is 1. The number of methoxy groups -OCH3 is 1. The normalized spacial score (nSPS) is 12.9. The smallest absolute Gasteiger partial charge is 0.311 e. The topological polar surface area (TPSA) is 48.4 Å². The van der Waals surface area contributed by atoms with Crippen molar-refractivity contribution in [1.82, 2.24) is 4.98 Å². The fourth-order valence-electron chi connectivity index (χ4n) is 4.47. The zero-order chi connectivity index (χ0) is 20.7. The van der Waals surface area contributed by atoms with Crippen LogP contribution in [0.3, 0.4) is 0 Å². The van der Waals surface area contributed by atoms with Crippen LogP contribution in [0.4, 0.5) is 0 Å². The number of nitrogens with zero attached hydrogens (tertiary/aromatic N) is 1. The zero-order valence-electron chi connectivity index (χ0n) is 17.2. The summed E-state index contributed by atoms with van der Waals surface area (Å²) in [6.07, 6.45) is 3.54. The van der Waals surface area contributed by atoms with E-state index in [2.05, 4.69) is 36.4 Å². The van der Waals surface area contributed by atoms with Crippen molar-refractivity contribution < 1.29 is 14.3 Å². The van der Waals surface area contributed by atoms with Crippen LogP contribution in [-0.4, -0.2) is 18.1 Å². The molecule has 4 aromatic rings. The minimum atomic E-state index is -0.280. The van der Waals surface area contributed by atoms with Gasteiger partial charge in [0.1, 0.15) is 0 Å². The Morgan fingerprint density at radius 2 is 1.83 bits per heavy atom. The van der Waals surface area contributed by atoms with Crippen LogP contribution in [0, 0.1) is 0 Å². The van der Waals surface area contributed by atoms with Crippen molar-refractivity contribution in [2.75, 3.05) is 7.11 Å². The summed E-state index contributed by atoms with van der Waals surface area (Å²) < 4.78 is 10.9. The highest BCUT2D eigenvalue weighted by Gasteiger charge is 2.23. The lowest BCUT2D eigenvalue weighted by atomic mass is 9.95. The molecule has 0 spiro atoms. The van der Waals surface area contributed by atoms with Gasteiger partial charge in [0, 0.05) is 17.4 Å². The number of esters is 1. The molecule has 1 heterocycles. The maximum Gasteiger partial charge on any atom is 0.311 e. The molecule has 0 aliphatic heterocycles. The van der Waals surface area contributed by atoms with E-state index in [1.807, 2.05) is 12.1 Å². The number of ether oxygens (including phenoxy) is 2. The highest BCUT2D eigenvalue weighted by Crippen LogP contribution is 2.40. The monoisotopic (exact) mass is 397 g/mol. The minimum absolute atomic E-state index is 0.280. The summed E-state index contributed by atoms with van der Waals surface area (Å²) in [6.45, 7) is 1.77. The number of fused-ring (bicyclic) bond motifs is 5. The van der Waals surface area contributed by atoms with E-state index in [9.17, 15) is 4.79 Å². The first kappa shape index (κ1) is 18.6. The van der Waals surface area contributed by atoms with Gasteiger partial charge in [-0.05, 0) is 65.4 Å². The molecule has 0 radical (unpaired) electrons. The SMILES string of the molecule is CCC(=O)Oc1ccc(-c2nc3ccc4ccccc4c3c3c2CCC3)cc1OC. The molecule has 30 heavy (non-hydrogen) atoms. The Bertz CT molecular complexity index is 1290. The largest absolute Gasteiger partial charge is 0.493 e. The third-order valence-electron chi connectivity index (χ3n) is 5.89. The van der Waals surface area contributed by atoms with E-state index in [0.717, 1.165) is 36.0 Å². The summed E-state index contributed by atoms with van der Waals surface area (Å²) in [5.41, 5.74) is 5.73. The van der Waals surface area contributed by atoms with Crippen molar-refractivity contribution in [3.05, 3.63) is 65.7 Å². The van der Waals surface area contributed by atoms with Crippen LogP contribution in [-0.2, 0) is 17.6 Å². The van der Waals surface area contributed by atoms with Crippen LogP contribution >= 0.6 is 0 Å². The molecule has 1 aliphatic rings. The fraction of sp³-hybridized carbons (Fsp3) is 0.231. The standard InChI is InChI=1S/C26H23NO3/c1-3-24(28)30-22-14-12-17(15-23(22)29-2)26-20-10-6-9-19(20)25-18-8-5-4-7-16(18)11-13-21(25)27-26/h4-5,7-8,11-15H,3,6,9-10H2,1-2H3. The van der Waals surface area contributed by atoms with Crippen molar-refractivity contribution in [3.8, 4) is 22.8 Å². The lowest BCUT2D eigenvalue weighted by Crippen LogP contribution is -2.06. The lowest BCUT2D eigenvalue weighted by Gasteiger charge is -2.15. The van der Waals surface area contributed by atoms with Gasteiger partial charge in [0.25, 0.3) is 0 Å². The zero-order valence-corrected chi connectivity index (χ0v) is 17.2. The number of hydrogen-bond acceptors (Lipinski definition) is 4. The molecule has 0 N–H and O–H groups in total. The molecule has 0 saturated heterocycles. The molecule has 5 rings (SSSR count). The molecule has 1 aliphatic carbocycles. The Morgan fingerprint density at radius 3 is 2.67 bits per heavy atom. The number of benzene rings is 3. The Morgan fingerprint density at radius 1 is 1.00 bits per heavy atom. The third-order valence-corrected chi connectivity index (χ3v) is 5.89. The van der Waals surface area contributed by atoms with E-state index >= 15 is 0 Å². The van der Waals surface area contributed by atoms with Crippen LogP contribution in [0.5, 0.6) is 11.5 Å². The van der Waals surface area contributed by atoms with Gasteiger partial charge in [0.15, 0.2) is 11.5 Å². The number of rotatable bonds is 4. The number of carbonyl (C=O) groups excluding carboxylic acids is 1. The van der Waals surface area contributed by atoms with Gasteiger partial charge in [-0.3, -0.25) is 4.79 Å². The summed E-state index contributed by atoms with van der Waals surface area (Å²) >= 11 is 0. The number of carbonyl (C=O) groups is 1. The summed E-state index contributed by atoms with van der Waals surface area (Å²) in [5.74, 6) is 0.704. The van der Waals surface area contributed by atoms with Crippen molar-refractivity contribution >= 4 is 27.6 Å². The van der Waals surface area contributed by atoms with Gasteiger partial charge in [0.2, 0.25) is 0 Å². The molecule has 0 fully saturated rings. The first-order valence-corrected chi connectivity index (χ1v) is 10.4. The molecular weight excluding hydrogens is 374 g/mol. The molecule has 3 aromatic carbocycles. The van der Waals surface area contributed by atoms with Crippen LogP contribution in [0.15, 0.2) is 54.6 Å². The van der Waals surface area contributed by atoms with E-state index in [0.29, 0.717) is 17.9 Å². The first-order chi connectivity index (χ1) is 14.7. The summed E-state index contributed by atoms with van der Waals surface area (Å²) in [7, 11) is 1.59. The van der Waals surface area contributed by atoms with Gasteiger partial charge in [-0.15, -0.1) is 0 Å². The minimum Gasteiger partial charge on any atom is -0.493 e. The third kappa shape index (κ3) is 3.00. The molecular formula is C26H23NO3.